The van der Waals surface area contributed by atoms with E-state index in [1.165, 1.54) is 6.07 Å². The van der Waals surface area contributed by atoms with E-state index in [-0.39, 0.29) is 16.9 Å². The van der Waals surface area contributed by atoms with E-state index in [4.69, 9.17) is 9.84 Å². The van der Waals surface area contributed by atoms with Crippen molar-refractivity contribution in [3.8, 4) is 0 Å². The minimum absolute atomic E-state index is 0.127. The average molecular weight is 369 g/mol. The van der Waals surface area contributed by atoms with Crippen LogP contribution in [0, 0.1) is 0 Å². The van der Waals surface area contributed by atoms with Crippen molar-refractivity contribution in [2.75, 3.05) is 19.5 Å². The number of ether oxygens (including phenoxy) is 1. The number of rotatable bonds is 6. The molecule has 1 aliphatic rings. The Bertz CT molecular complexity index is 765. The van der Waals surface area contributed by atoms with E-state index in [0.29, 0.717) is 38.0 Å². The molecule has 1 saturated heterocycles. The molecule has 0 spiro atoms. The molecule has 0 bridgehead atoms. The molecule has 7 nitrogen and oxygen atoms in total. The molecule has 138 valence electrons. The average Bonchev–Trinajstić information content (AvgIpc) is 2.53. The molecule has 8 heteroatoms. The van der Waals surface area contributed by atoms with Crippen LogP contribution in [0.25, 0.3) is 0 Å². The summed E-state index contributed by atoms with van der Waals surface area (Å²) < 4.78 is 29.2. The second-order valence-corrected chi connectivity index (χ2v) is 8.35. The number of hydrogen-bond acceptors (Lipinski definition) is 5. The Balaban J connectivity index is 2.31. The second-order valence-electron chi connectivity index (χ2n) is 6.37. The third-order valence-corrected chi connectivity index (χ3v) is 5.61. The summed E-state index contributed by atoms with van der Waals surface area (Å²) in [5, 5.41) is 12.0. The summed E-state index contributed by atoms with van der Waals surface area (Å²) >= 11 is 0. The summed E-state index contributed by atoms with van der Waals surface area (Å²) in [4.78, 5) is 24.0. The molecular formula is C17H23NO6S. The fourth-order valence-corrected chi connectivity index (χ4v) is 4.07. The predicted octanol–water partition coefficient (Wildman–Crippen LogP) is 1.41. The lowest BCUT2D eigenvalue weighted by molar-refractivity contribution is -0.139. The molecule has 0 aromatic heterocycles. The second kappa shape index (κ2) is 7.53. The zero-order valence-corrected chi connectivity index (χ0v) is 15.2. The summed E-state index contributed by atoms with van der Waals surface area (Å²) in [5.41, 5.74) is -0.0326. The number of amides is 1. The highest BCUT2D eigenvalue weighted by molar-refractivity contribution is 7.90. The highest BCUT2D eigenvalue weighted by atomic mass is 32.2. The van der Waals surface area contributed by atoms with Crippen LogP contribution in [-0.4, -0.2) is 50.4 Å². The van der Waals surface area contributed by atoms with Gasteiger partial charge in [0, 0.05) is 25.0 Å². The molecule has 0 saturated carbocycles. The van der Waals surface area contributed by atoms with E-state index in [0.717, 1.165) is 6.26 Å². The maximum atomic E-state index is 12.6. The zero-order chi connectivity index (χ0) is 18.7. The summed E-state index contributed by atoms with van der Waals surface area (Å²) in [6.07, 6.45) is 2.24. The molecule has 0 aliphatic carbocycles. The molecule has 2 N–H and O–H groups in total. The van der Waals surface area contributed by atoms with Gasteiger partial charge < -0.3 is 15.2 Å². The molecule has 1 heterocycles. The SMILES string of the molecule is CCc1ccc(C(=O)NC2(CC(=O)O)CCOCC2)cc1S(C)(=O)=O. The number of carboxylic acid groups (broad SMARTS) is 1. The smallest absolute Gasteiger partial charge is 0.305 e. The van der Waals surface area contributed by atoms with Gasteiger partial charge >= 0.3 is 5.97 Å². The van der Waals surface area contributed by atoms with E-state index in [1.54, 1.807) is 12.1 Å². The number of nitrogens with one attached hydrogen (secondary N) is 1. The Labute approximate surface area is 147 Å². The summed E-state index contributed by atoms with van der Waals surface area (Å²) in [6.45, 7) is 2.58. The monoisotopic (exact) mass is 369 g/mol. The molecule has 1 aromatic rings. The van der Waals surface area contributed by atoms with Crippen molar-refractivity contribution in [1.82, 2.24) is 5.32 Å². The van der Waals surface area contributed by atoms with Crippen molar-refractivity contribution in [3.63, 3.8) is 0 Å². The molecule has 0 unspecified atom stereocenters. The fraction of sp³-hybridized carbons (Fsp3) is 0.529. The van der Waals surface area contributed by atoms with E-state index in [1.807, 2.05) is 6.92 Å². The molecule has 1 aromatic carbocycles. The number of carbonyl (C=O) groups is 2. The summed E-state index contributed by atoms with van der Waals surface area (Å²) in [7, 11) is -3.46. The van der Waals surface area contributed by atoms with E-state index in [2.05, 4.69) is 5.32 Å². The van der Waals surface area contributed by atoms with Gasteiger partial charge in [0.25, 0.3) is 5.91 Å². The first kappa shape index (κ1) is 19.4. The van der Waals surface area contributed by atoms with Crippen LogP contribution in [0.4, 0.5) is 0 Å². The van der Waals surface area contributed by atoms with Crippen LogP contribution in [0.3, 0.4) is 0 Å². The van der Waals surface area contributed by atoms with Crippen LogP contribution >= 0.6 is 0 Å². The maximum Gasteiger partial charge on any atom is 0.305 e. The Morgan fingerprint density at radius 2 is 1.92 bits per heavy atom. The van der Waals surface area contributed by atoms with Crippen LogP contribution in [-0.2, 0) is 25.8 Å². The number of aliphatic carboxylic acids is 1. The quantitative estimate of drug-likeness (QED) is 0.784. The van der Waals surface area contributed by atoms with Gasteiger partial charge in [-0.1, -0.05) is 13.0 Å². The first-order valence-corrected chi connectivity index (χ1v) is 10.0. The molecule has 1 fully saturated rings. The van der Waals surface area contributed by atoms with E-state index >= 15 is 0 Å². The normalized spacial score (nSPS) is 17.0. The van der Waals surface area contributed by atoms with Gasteiger partial charge in [0.1, 0.15) is 0 Å². The minimum atomic E-state index is -3.46. The lowest BCUT2D eigenvalue weighted by Gasteiger charge is -2.36. The largest absolute Gasteiger partial charge is 0.481 e. The third-order valence-electron chi connectivity index (χ3n) is 4.43. The van der Waals surface area contributed by atoms with Crippen LogP contribution in [0.2, 0.25) is 0 Å². The van der Waals surface area contributed by atoms with E-state index in [9.17, 15) is 18.0 Å². The number of carboxylic acids is 1. The van der Waals surface area contributed by atoms with Crippen LogP contribution in [0.15, 0.2) is 23.1 Å². The van der Waals surface area contributed by atoms with Gasteiger partial charge in [-0.05, 0) is 37.0 Å². The Kier molecular flexibility index (Phi) is 5.84. The predicted molar refractivity (Wildman–Crippen MR) is 91.4 cm³/mol. The van der Waals surface area contributed by atoms with Gasteiger partial charge in [0.2, 0.25) is 0 Å². The molecule has 1 amide bonds. The van der Waals surface area contributed by atoms with Crippen molar-refractivity contribution in [1.29, 1.82) is 0 Å². The highest BCUT2D eigenvalue weighted by Gasteiger charge is 2.36. The standard InChI is InChI=1S/C17H23NO6S/c1-3-12-4-5-13(10-14(12)25(2,22)23)16(21)18-17(11-15(19)20)6-8-24-9-7-17/h4-5,10H,3,6-9,11H2,1-2H3,(H,18,21)(H,19,20). The maximum absolute atomic E-state index is 12.6. The lowest BCUT2D eigenvalue weighted by Crippen LogP contribution is -2.53. The molecule has 0 atom stereocenters. The molecule has 25 heavy (non-hydrogen) atoms. The minimum Gasteiger partial charge on any atom is -0.481 e. The van der Waals surface area contributed by atoms with Crippen molar-refractivity contribution < 1.29 is 27.9 Å². The van der Waals surface area contributed by atoms with Gasteiger partial charge in [-0.2, -0.15) is 0 Å². The van der Waals surface area contributed by atoms with Crippen molar-refractivity contribution >= 4 is 21.7 Å². The van der Waals surface area contributed by atoms with Gasteiger partial charge in [-0.25, -0.2) is 8.42 Å². The van der Waals surface area contributed by atoms with Crippen molar-refractivity contribution in [3.05, 3.63) is 29.3 Å². The van der Waals surface area contributed by atoms with Crippen LogP contribution in [0.5, 0.6) is 0 Å². The zero-order valence-electron chi connectivity index (χ0n) is 14.4. The van der Waals surface area contributed by atoms with Crippen molar-refractivity contribution in [2.45, 2.75) is 43.0 Å². The van der Waals surface area contributed by atoms with Gasteiger partial charge in [0.05, 0.1) is 16.9 Å². The highest BCUT2D eigenvalue weighted by Crippen LogP contribution is 2.26. The number of sulfone groups is 1. The fourth-order valence-electron chi connectivity index (χ4n) is 3.04. The summed E-state index contributed by atoms with van der Waals surface area (Å²) in [6, 6.07) is 4.55. The topological polar surface area (TPSA) is 110 Å². The Morgan fingerprint density at radius 1 is 1.28 bits per heavy atom. The number of aryl methyl sites for hydroxylation is 1. The molecular weight excluding hydrogens is 346 g/mol. The van der Waals surface area contributed by atoms with Gasteiger partial charge in [-0.15, -0.1) is 0 Å². The first-order valence-electron chi connectivity index (χ1n) is 8.12. The van der Waals surface area contributed by atoms with Crippen molar-refractivity contribution in [2.24, 2.45) is 0 Å². The first-order chi connectivity index (χ1) is 11.7. The number of hydrogen-bond donors (Lipinski definition) is 2. The van der Waals surface area contributed by atoms with Crippen LogP contribution in [0.1, 0.15) is 42.1 Å². The van der Waals surface area contributed by atoms with Crippen LogP contribution < -0.4 is 5.32 Å². The number of carbonyl (C=O) groups excluding carboxylic acids is 1. The Morgan fingerprint density at radius 3 is 2.44 bits per heavy atom. The number of benzene rings is 1. The Hall–Kier alpha value is -1.93. The third kappa shape index (κ3) is 4.79. The van der Waals surface area contributed by atoms with Gasteiger partial charge in [0.15, 0.2) is 9.84 Å². The molecule has 2 rings (SSSR count). The van der Waals surface area contributed by atoms with Gasteiger partial charge in [-0.3, -0.25) is 9.59 Å². The molecule has 1 aliphatic heterocycles. The molecule has 0 radical (unpaired) electrons. The van der Waals surface area contributed by atoms with E-state index < -0.39 is 27.3 Å². The lowest BCUT2D eigenvalue weighted by atomic mass is 9.86. The summed E-state index contributed by atoms with van der Waals surface area (Å²) in [5.74, 6) is -1.48.